The van der Waals surface area contributed by atoms with Crippen molar-refractivity contribution >= 4 is 12.2 Å². The van der Waals surface area contributed by atoms with Crippen LogP contribution in [0, 0.1) is 4.51 Å². The van der Waals surface area contributed by atoms with Gasteiger partial charge in [0.15, 0.2) is 0 Å². The van der Waals surface area contributed by atoms with E-state index in [0.29, 0.717) is 0 Å². The van der Waals surface area contributed by atoms with Gasteiger partial charge in [-0.15, -0.1) is 0 Å². The van der Waals surface area contributed by atoms with Gasteiger partial charge in [0, 0.05) is 22.5 Å². The van der Waals surface area contributed by atoms with Crippen LogP contribution < -0.4 is 0 Å². The number of pyridine rings is 1. The number of aromatic nitrogens is 1. The molecule has 2 heteroatoms. The molecule has 0 bridgehead atoms. The highest BCUT2D eigenvalue weighted by Crippen LogP contribution is 2.18. The van der Waals surface area contributed by atoms with Crippen LogP contribution in [0.3, 0.4) is 0 Å². The van der Waals surface area contributed by atoms with Crippen LogP contribution in [0.5, 0.6) is 0 Å². The number of hydrogen-bond donors (Lipinski definition) is 1. The van der Waals surface area contributed by atoms with Crippen LogP contribution in [0.1, 0.15) is 0 Å². The number of rotatable bonds is 1. The van der Waals surface area contributed by atoms with Gasteiger partial charge in [0.1, 0.15) is 0 Å². The molecule has 0 aliphatic rings. The fraction of sp³-hybridized carbons (Fsp3) is 0. The zero-order valence-electron chi connectivity index (χ0n) is 7.03. The highest BCUT2D eigenvalue weighted by molar-refractivity contribution is 7.71. The summed E-state index contributed by atoms with van der Waals surface area (Å²) >= 11 is 5.21. The molecule has 13 heavy (non-hydrogen) atoms. The molecular weight excluding hydrogens is 178 g/mol. The number of nitrogens with one attached hydrogen (secondary N) is 1. The van der Waals surface area contributed by atoms with Gasteiger partial charge in [0.25, 0.3) is 0 Å². The molecule has 1 aromatic heterocycles. The predicted octanol–water partition coefficient (Wildman–Crippen LogP) is 3.41. The summed E-state index contributed by atoms with van der Waals surface area (Å²) in [5.74, 6) is 0. The lowest BCUT2D eigenvalue weighted by molar-refractivity contribution is 1.32. The third kappa shape index (κ3) is 1.68. The lowest BCUT2D eigenvalue weighted by atomic mass is 10.1. The molecule has 0 fully saturated rings. The van der Waals surface area contributed by atoms with E-state index in [0.717, 1.165) is 15.6 Å². The highest BCUT2D eigenvalue weighted by Gasteiger charge is 1.96. The van der Waals surface area contributed by atoms with E-state index in [9.17, 15) is 0 Å². The zero-order chi connectivity index (χ0) is 9.10. The van der Waals surface area contributed by atoms with Crippen LogP contribution in [0.15, 0.2) is 48.8 Å². The Balaban J connectivity index is 2.60. The summed E-state index contributed by atoms with van der Waals surface area (Å²) in [6.45, 7) is 0. The molecule has 0 amide bonds. The first-order valence-electron chi connectivity index (χ1n) is 4.10. The average molecular weight is 187 g/mol. The smallest absolute Gasteiger partial charge is 0.0484 e. The molecule has 1 N–H and O–H groups in total. The minimum Gasteiger partial charge on any atom is -0.367 e. The predicted molar refractivity (Wildman–Crippen MR) is 57.1 cm³/mol. The summed E-state index contributed by atoms with van der Waals surface area (Å²) in [7, 11) is 0. The Morgan fingerprint density at radius 2 is 1.77 bits per heavy atom. The summed E-state index contributed by atoms with van der Waals surface area (Å²) < 4.78 is 0.880. The fourth-order valence-corrected chi connectivity index (χ4v) is 1.50. The molecule has 1 heterocycles. The Bertz CT molecular complexity index is 445. The van der Waals surface area contributed by atoms with Crippen molar-refractivity contribution in [2.45, 2.75) is 0 Å². The molecule has 64 valence electrons. The van der Waals surface area contributed by atoms with E-state index in [1.165, 1.54) is 0 Å². The second-order valence-electron chi connectivity index (χ2n) is 2.79. The largest absolute Gasteiger partial charge is 0.367 e. The molecule has 1 aromatic carbocycles. The molecule has 0 unspecified atom stereocenters. The van der Waals surface area contributed by atoms with Crippen LogP contribution >= 0.6 is 12.2 Å². The first kappa shape index (κ1) is 8.20. The van der Waals surface area contributed by atoms with E-state index in [2.05, 4.69) is 17.1 Å². The van der Waals surface area contributed by atoms with Gasteiger partial charge in [-0.2, -0.15) is 0 Å². The molecule has 0 saturated heterocycles. The SMILES string of the molecule is S=c1cc[nH]cc1-c1ccccc1. The quantitative estimate of drug-likeness (QED) is 0.676. The van der Waals surface area contributed by atoms with E-state index < -0.39 is 0 Å². The van der Waals surface area contributed by atoms with E-state index in [4.69, 9.17) is 12.2 Å². The van der Waals surface area contributed by atoms with Gasteiger partial charge in [0.2, 0.25) is 0 Å². The number of aromatic amines is 1. The van der Waals surface area contributed by atoms with Crippen molar-refractivity contribution in [1.29, 1.82) is 0 Å². The van der Waals surface area contributed by atoms with Gasteiger partial charge >= 0.3 is 0 Å². The van der Waals surface area contributed by atoms with E-state index >= 15 is 0 Å². The molecule has 0 aliphatic carbocycles. The number of hydrogen-bond acceptors (Lipinski definition) is 1. The molecule has 1 nitrogen and oxygen atoms in total. The third-order valence-electron chi connectivity index (χ3n) is 1.91. The van der Waals surface area contributed by atoms with E-state index in [-0.39, 0.29) is 0 Å². The molecule has 0 atom stereocenters. The summed E-state index contributed by atoms with van der Waals surface area (Å²) in [5.41, 5.74) is 2.24. The van der Waals surface area contributed by atoms with Gasteiger partial charge < -0.3 is 4.98 Å². The van der Waals surface area contributed by atoms with Gasteiger partial charge in [-0.25, -0.2) is 0 Å². The van der Waals surface area contributed by atoms with Crippen molar-refractivity contribution in [3.8, 4) is 11.1 Å². The van der Waals surface area contributed by atoms with E-state index in [1.54, 1.807) is 0 Å². The molecular formula is C11H9NS. The van der Waals surface area contributed by atoms with Crippen molar-refractivity contribution < 1.29 is 0 Å². The summed E-state index contributed by atoms with van der Waals surface area (Å²) in [6, 6.07) is 12.0. The Morgan fingerprint density at radius 3 is 2.46 bits per heavy atom. The fourth-order valence-electron chi connectivity index (χ4n) is 1.26. The Hall–Kier alpha value is -1.41. The molecule has 0 spiro atoms. The zero-order valence-corrected chi connectivity index (χ0v) is 7.84. The van der Waals surface area contributed by atoms with Gasteiger partial charge in [-0.3, -0.25) is 0 Å². The van der Waals surface area contributed by atoms with Crippen molar-refractivity contribution in [2.24, 2.45) is 0 Å². The van der Waals surface area contributed by atoms with Crippen LogP contribution in [0.2, 0.25) is 0 Å². The summed E-state index contributed by atoms with van der Waals surface area (Å²) in [5, 5.41) is 0. The molecule has 0 saturated carbocycles. The summed E-state index contributed by atoms with van der Waals surface area (Å²) in [4.78, 5) is 3.03. The lowest BCUT2D eigenvalue weighted by Crippen LogP contribution is -1.79. The number of H-pyrrole nitrogens is 1. The van der Waals surface area contributed by atoms with Crippen LogP contribution in [-0.2, 0) is 0 Å². The maximum absolute atomic E-state index is 5.21. The van der Waals surface area contributed by atoms with E-state index in [1.807, 2.05) is 36.7 Å². The third-order valence-corrected chi connectivity index (χ3v) is 2.26. The minimum atomic E-state index is 0.880. The molecule has 0 aliphatic heterocycles. The topological polar surface area (TPSA) is 15.8 Å². The van der Waals surface area contributed by atoms with Gasteiger partial charge in [-0.05, 0) is 11.6 Å². The van der Waals surface area contributed by atoms with Crippen molar-refractivity contribution in [2.75, 3.05) is 0 Å². The van der Waals surface area contributed by atoms with Crippen LogP contribution in [0.4, 0.5) is 0 Å². The molecule has 0 radical (unpaired) electrons. The highest BCUT2D eigenvalue weighted by atomic mass is 32.1. The summed E-state index contributed by atoms with van der Waals surface area (Å²) in [6.07, 6.45) is 3.77. The monoisotopic (exact) mass is 187 g/mol. The van der Waals surface area contributed by atoms with Gasteiger partial charge in [0.05, 0.1) is 0 Å². The second kappa shape index (κ2) is 3.54. The van der Waals surface area contributed by atoms with Crippen LogP contribution in [-0.4, -0.2) is 4.98 Å². The van der Waals surface area contributed by atoms with Crippen molar-refractivity contribution in [1.82, 2.24) is 4.98 Å². The number of benzene rings is 1. The maximum Gasteiger partial charge on any atom is 0.0484 e. The normalized spacial score (nSPS) is 9.85. The Kier molecular flexibility index (Phi) is 2.23. The maximum atomic E-state index is 5.21. The van der Waals surface area contributed by atoms with Crippen molar-refractivity contribution in [3.63, 3.8) is 0 Å². The second-order valence-corrected chi connectivity index (χ2v) is 3.23. The minimum absolute atomic E-state index is 0.880. The Morgan fingerprint density at radius 1 is 1.00 bits per heavy atom. The standard InChI is InChI=1S/C11H9NS/c13-11-6-7-12-8-10(11)9-4-2-1-3-5-9/h1-8H,(H,12,13). The molecule has 2 aromatic rings. The Labute approximate surface area is 82.1 Å². The van der Waals surface area contributed by atoms with Crippen LogP contribution in [0.25, 0.3) is 11.1 Å². The van der Waals surface area contributed by atoms with Gasteiger partial charge in [-0.1, -0.05) is 42.5 Å². The molecule has 2 rings (SSSR count). The first-order chi connectivity index (χ1) is 6.38. The first-order valence-corrected chi connectivity index (χ1v) is 4.51. The average Bonchev–Trinajstić information content (AvgIpc) is 2.20. The van der Waals surface area contributed by atoms with Crippen molar-refractivity contribution in [3.05, 3.63) is 53.3 Å². The lowest BCUT2D eigenvalue weighted by Gasteiger charge is -1.99.